The van der Waals surface area contributed by atoms with E-state index in [1.807, 2.05) is 0 Å². The van der Waals surface area contributed by atoms with Gasteiger partial charge in [-0.1, -0.05) is 18.0 Å². The lowest BCUT2D eigenvalue weighted by atomic mass is 10.1. The van der Waals surface area contributed by atoms with Crippen LogP contribution in [-0.2, 0) is 10.0 Å². The molecule has 1 aliphatic heterocycles. The quantitative estimate of drug-likeness (QED) is 0.861. The third kappa shape index (κ3) is 2.68. The predicted molar refractivity (Wildman–Crippen MR) is 77.6 cm³/mol. The van der Waals surface area contributed by atoms with Gasteiger partial charge in [0, 0.05) is 6.54 Å². The van der Waals surface area contributed by atoms with Gasteiger partial charge in [-0.05, 0) is 32.8 Å². The zero-order valence-electron chi connectivity index (χ0n) is 12.7. The van der Waals surface area contributed by atoms with E-state index < -0.39 is 10.0 Å². The summed E-state index contributed by atoms with van der Waals surface area (Å²) in [7, 11) is -3.65. The van der Waals surface area contributed by atoms with Crippen molar-refractivity contribution in [1.82, 2.24) is 14.4 Å². The Morgan fingerprint density at radius 3 is 2.73 bits per heavy atom. The van der Waals surface area contributed by atoms with Crippen LogP contribution in [0.15, 0.2) is 26.3 Å². The fourth-order valence-electron chi connectivity index (χ4n) is 2.94. The molecule has 0 aliphatic carbocycles. The van der Waals surface area contributed by atoms with Crippen molar-refractivity contribution in [2.45, 2.75) is 50.5 Å². The van der Waals surface area contributed by atoms with Crippen LogP contribution < -0.4 is 0 Å². The molecule has 0 radical (unpaired) electrons. The van der Waals surface area contributed by atoms with E-state index in [9.17, 15) is 8.42 Å². The minimum atomic E-state index is -3.65. The number of nitrogens with zero attached hydrogens (tertiary/aromatic N) is 3. The summed E-state index contributed by atoms with van der Waals surface area (Å²) in [5.74, 6) is 1.42. The third-order valence-electron chi connectivity index (χ3n) is 3.96. The number of hydrogen-bond acceptors (Lipinski definition) is 6. The molecular weight excluding hydrogens is 306 g/mol. The highest BCUT2D eigenvalue weighted by Gasteiger charge is 2.37. The minimum absolute atomic E-state index is 0.223. The maximum absolute atomic E-state index is 13.1. The molecule has 3 heterocycles. The van der Waals surface area contributed by atoms with Gasteiger partial charge in [-0.25, -0.2) is 8.42 Å². The highest BCUT2D eigenvalue weighted by molar-refractivity contribution is 7.89. The maximum Gasteiger partial charge on any atom is 0.247 e. The van der Waals surface area contributed by atoms with E-state index >= 15 is 0 Å². The molecule has 1 fully saturated rings. The SMILES string of the molecule is Cc1cc(S(=O)(=O)N2CCCCCC2c2ncon2)c(C)o1. The molecule has 1 saturated heterocycles. The summed E-state index contributed by atoms with van der Waals surface area (Å²) in [5, 5.41) is 3.85. The summed E-state index contributed by atoms with van der Waals surface area (Å²) < 4.78 is 37.8. The van der Waals surface area contributed by atoms with Gasteiger partial charge in [-0.15, -0.1) is 0 Å². The van der Waals surface area contributed by atoms with Crippen LogP contribution in [0.25, 0.3) is 0 Å². The molecule has 0 amide bonds. The van der Waals surface area contributed by atoms with Crippen molar-refractivity contribution >= 4 is 10.0 Å². The van der Waals surface area contributed by atoms with Gasteiger partial charge in [-0.2, -0.15) is 9.29 Å². The smallest absolute Gasteiger partial charge is 0.247 e. The first-order valence-corrected chi connectivity index (χ1v) is 8.79. The van der Waals surface area contributed by atoms with Crippen LogP contribution in [0, 0.1) is 13.8 Å². The molecule has 0 aromatic carbocycles. The van der Waals surface area contributed by atoms with Crippen LogP contribution in [0.2, 0.25) is 0 Å². The Balaban J connectivity index is 2.03. The molecule has 22 heavy (non-hydrogen) atoms. The molecular formula is C14H19N3O4S. The van der Waals surface area contributed by atoms with E-state index in [4.69, 9.17) is 8.94 Å². The average Bonchev–Trinajstić information content (AvgIpc) is 3.02. The zero-order chi connectivity index (χ0) is 15.7. The molecule has 1 atom stereocenters. The van der Waals surface area contributed by atoms with Crippen molar-refractivity contribution in [3.05, 3.63) is 29.8 Å². The Hall–Kier alpha value is -1.67. The van der Waals surface area contributed by atoms with Gasteiger partial charge in [0.15, 0.2) is 5.82 Å². The lowest BCUT2D eigenvalue weighted by molar-refractivity contribution is 0.303. The van der Waals surface area contributed by atoms with Gasteiger partial charge < -0.3 is 8.94 Å². The monoisotopic (exact) mass is 325 g/mol. The molecule has 0 saturated carbocycles. The fraction of sp³-hybridized carbons (Fsp3) is 0.571. The first-order valence-electron chi connectivity index (χ1n) is 7.35. The summed E-state index contributed by atoms with van der Waals surface area (Å²) in [6.45, 7) is 3.86. The van der Waals surface area contributed by atoms with Gasteiger partial charge in [-0.3, -0.25) is 0 Å². The number of rotatable bonds is 3. The second kappa shape index (κ2) is 5.85. The second-order valence-electron chi connectivity index (χ2n) is 5.55. The van der Waals surface area contributed by atoms with Crippen molar-refractivity contribution in [2.75, 3.05) is 6.54 Å². The van der Waals surface area contributed by atoms with Gasteiger partial charge in [0.1, 0.15) is 16.4 Å². The van der Waals surface area contributed by atoms with E-state index in [-0.39, 0.29) is 10.9 Å². The van der Waals surface area contributed by atoms with Crippen molar-refractivity contribution < 1.29 is 17.4 Å². The van der Waals surface area contributed by atoms with E-state index in [0.29, 0.717) is 30.3 Å². The highest BCUT2D eigenvalue weighted by Crippen LogP contribution is 2.34. The first kappa shape index (κ1) is 15.2. The van der Waals surface area contributed by atoms with Crippen LogP contribution in [0.4, 0.5) is 0 Å². The molecule has 1 aliphatic rings. The molecule has 0 bridgehead atoms. The maximum atomic E-state index is 13.1. The Bertz CT molecular complexity index is 736. The summed E-state index contributed by atoms with van der Waals surface area (Å²) >= 11 is 0. The minimum Gasteiger partial charge on any atom is -0.465 e. The van der Waals surface area contributed by atoms with Gasteiger partial charge in [0.25, 0.3) is 0 Å². The molecule has 2 aromatic heterocycles. The van der Waals surface area contributed by atoms with Crippen LogP contribution in [0.1, 0.15) is 49.1 Å². The van der Waals surface area contributed by atoms with Crippen LogP contribution >= 0.6 is 0 Å². The topological polar surface area (TPSA) is 89.4 Å². The first-order chi connectivity index (χ1) is 10.5. The summed E-state index contributed by atoms with van der Waals surface area (Å²) in [4.78, 5) is 4.28. The second-order valence-corrected chi connectivity index (χ2v) is 7.41. The van der Waals surface area contributed by atoms with E-state index in [0.717, 1.165) is 19.3 Å². The number of sulfonamides is 1. The summed E-state index contributed by atoms with van der Waals surface area (Å²) in [5.41, 5.74) is 0. The lowest BCUT2D eigenvalue weighted by Crippen LogP contribution is -2.35. The molecule has 7 nitrogen and oxygen atoms in total. The normalized spacial score (nSPS) is 20.9. The Morgan fingerprint density at radius 2 is 2.09 bits per heavy atom. The van der Waals surface area contributed by atoms with Crippen molar-refractivity contribution in [3.63, 3.8) is 0 Å². The Kier molecular flexibility index (Phi) is 4.05. The van der Waals surface area contributed by atoms with Crippen LogP contribution in [-0.4, -0.2) is 29.4 Å². The predicted octanol–water partition coefficient (Wildman–Crippen LogP) is 2.59. The van der Waals surface area contributed by atoms with Crippen molar-refractivity contribution in [2.24, 2.45) is 0 Å². The largest absolute Gasteiger partial charge is 0.465 e. The molecule has 120 valence electrons. The molecule has 2 aromatic rings. The van der Waals surface area contributed by atoms with E-state index in [1.54, 1.807) is 19.9 Å². The molecule has 3 rings (SSSR count). The highest BCUT2D eigenvalue weighted by atomic mass is 32.2. The number of aromatic nitrogens is 2. The van der Waals surface area contributed by atoms with Gasteiger partial charge in [0.2, 0.25) is 16.4 Å². The molecule has 0 spiro atoms. The zero-order valence-corrected chi connectivity index (χ0v) is 13.5. The lowest BCUT2D eigenvalue weighted by Gasteiger charge is -2.26. The number of aryl methyl sites for hydroxylation is 2. The Labute approximate surface area is 129 Å². The standard InChI is InChI=1S/C14H19N3O4S/c1-10-8-13(11(2)21-10)22(18,19)17-7-5-3-4-6-12(17)14-15-9-20-16-14/h8-9,12H,3-7H2,1-2H3. The molecule has 0 N–H and O–H groups in total. The molecule has 8 heteroatoms. The van der Waals surface area contributed by atoms with Crippen LogP contribution in [0.5, 0.6) is 0 Å². The van der Waals surface area contributed by atoms with E-state index in [1.165, 1.54) is 10.7 Å². The van der Waals surface area contributed by atoms with Crippen molar-refractivity contribution in [1.29, 1.82) is 0 Å². The Morgan fingerprint density at radius 1 is 1.27 bits per heavy atom. The molecule has 1 unspecified atom stereocenters. The van der Waals surface area contributed by atoms with Gasteiger partial charge in [0.05, 0.1) is 6.04 Å². The van der Waals surface area contributed by atoms with Crippen molar-refractivity contribution in [3.8, 4) is 0 Å². The van der Waals surface area contributed by atoms with Gasteiger partial charge >= 0.3 is 0 Å². The average molecular weight is 325 g/mol. The fourth-order valence-corrected chi connectivity index (χ4v) is 4.82. The number of hydrogen-bond donors (Lipinski definition) is 0. The van der Waals surface area contributed by atoms with E-state index in [2.05, 4.69) is 10.1 Å². The number of furan rings is 1. The summed E-state index contributed by atoms with van der Waals surface area (Å²) in [6, 6.07) is 1.18. The summed E-state index contributed by atoms with van der Waals surface area (Å²) in [6.07, 6.45) is 4.68. The van der Waals surface area contributed by atoms with Crippen LogP contribution in [0.3, 0.4) is 0 Å². The third-order valence-corrected chi connectivity index (χ3v) is 5.98.